The van der Waals surface area contributed by atoms with Gasteiger partial charge in [0, 0.05) is 69.5 Å². The number of benzene rings is 10. The number of rotatable bonds is 7. The third-order valence-corrected chi connectivity index (χ3v) is 16.1. The fourth-order valence-corrected chi connectivity index (χ4v) is 13.0. The quantitative estimate of drug-likeness (QED) is 0.155. The Bertz CT molecular complexity index is 4210. The largest absolute Gasteiger partial charge is 0.309 e. The third-order valence-electron chi connectivity index (χ3n) is 15.1. The van der Waals surface area contributed by atoms with Crippen molar-refractivity contribution in [1.82, 2.24) is 9.13 Å². The maximum Gasteiger partial charge on any atom is 0.0577 e. The highest BCUT2D eigenvalue weighted by molar-refractivity contribution is 9.10. The van der Waals surface area contributed by atoms with E-state index in [-0.39, 0.29) is 10.8 Å². The topological polar surface area (TPSA) is 13.1 Å². The van der Waals surface area contributed by atoms with Gasteiger partial charge in [0.1, 0.15) is 0 Å². The molecular weight excluding hydrogens is 1050 g/mol. The molecule has 77 heavy (non-hydrogen) atoms. The lowest BCUT2D eigenvalue weighted by atomic mass is 9.87. The lowest BCUT2D eigenvalue weighted by molar-refractivity contribution is 0.682. The summed E-state index contributed by atoms with van der Waals surface area (Å²) in [4.78, 5) is 2.39. The normalized spacial score (nSPS) is 13.8. The number of aromatic nitrogens is 2. The van der Waals surface area contributed by atoms with Crippen LogP contribution in [-0.4, -0.2) is 9.13 Å². The molecule has 0 fully saturated rings. The van der Waals surface area contributed by atoms with Crippen LogP contribution in [-0.2, 0) is 17.3 Å². The first kappa shape index (κ1) is 50.0. The molecule has 0 saturated heterocycles. The van der Waals surface area contributed by atoms with Crippen LogP contribution in [0.25, 0.3) is 66.3 Å². The minimum Gasteiger partial charge on any atom is -0.309 e. The fraction of sp³-hybridized carbons (Fsp3) is 0.0986. The highest BCUT2D eigenvalue weighted by Crippen LogP contribution is 2.50. The lowest BCUT2D eigenvalue weighted by Gasteiger charge is -2.28. The van der Waals surface area contributed by atoms with E-state index in [0.29, 0.717) is 5.02 Å². The monoisotopic (exact) mass is 1100 g/mol. The van der Waals surface area contributed by atoms with Gasteiger partial charge in [0.05, 0.1) is 33.5 Å². The van der Waals surface area contributed by atoms with Gasteiger partial charge in [0.2, 0.25) is 0 Å². The van der Waals surface area contributed by atoms with Crippen LogP contribution in [0, 0.1) is 0 Å². The summed E-state index contributed by atoms with van der Waals surface area (Å²) in [6.45, 7) is 9.17. The molecular formula is C71H56BrCl2N3. The van der Waals surface area contributed by atoms with Gasteiger partial charge in [0.15, 0.2) is 0 Å². The molecule has 6 heteroatoms. The van der Waals surface area contributed by atoms with Crippen molar-refractivity contribution in [1.29, 1.82) is 0 Å². The van der Waals surface area contributed by atoms with Crippen LogP contribution < -0.4 is 4.90 Å². The average molecular weight is 1100 g/mol. The zero-order chi connectivity index (χ0) is 52.8. The number of hydrogen-bond donors (Lipinski definition) is 0. The van der Waals surface area contributed by atoms with E-state index >= 15 is 0 Å². The van der Waals surface area contributed by atoms with Crippen LogP contribution in [0.5, 0.6) is 0 Å². The van der Waals surface area contributed by atoms with Crippen molar-refractivity contribution in [3.63, 3.8) is 0 Å². The highest BCUT2D eigenvalue weighted by atomic mass is 79.9. The van der Waals surface area contributed by atoms with E-state index < -0.39 is 0 Å². The minimum atomic E-state index is -0.0886. The second-order valence-corrected chi connectivity index (χ2v) is 22.8. The second-order valence-electron chi connectivity index (χ2n) is 21.0. The Morgan fingerprint density at radius 2 is 0.870 bits per heavy atom. The molecule has 0 N–H and O–H groups in total. The van der Waals surface area contributed by atoms with Gasteiger partial charge >= 0.3 is 0 Å². The van der Waals surface area contributed by atoms with Gasteiger partial charge in [0.25, 0.3) is 0 Å². The van der Waals surface area contributed by atoms with Gasteiger partial charge in [-0.15, -0.1) is 0 Å². The minimum absolute atomic E-state index is 0.0886. The van der Waals surface area contributed by atoms with E-state index in [9.17, 15) is 0 Å². The van der Waals surface area contributed by atoms with Crippen molar-refractivity contribution in [2.75, 3.05) is 4.90 Å². The standard InChI is InChI=1S/C35H27ClN2.C18H11BrClN.C18H18/c1-35(2)23-33(27-17-9-11-19-29(27)35)38(26-15-7-4-8-16-26)32-22-24(36)21-31-34(32)28-18-10-12-20-30(28)37(31)25-13-5-3-6-14-25;19-15-10-12(20)11-17-18(15)14-8-4-5-9-16(14)21(17)13-6-2-1-3-7-13;1-18(2)13-15(12-14-8-4-3-5-9-14)16-10-6-7-11-17(16)18/h3-23H,1-2H3;1-11H;3-11,13H,12H2,1-2H3. The zero-order valence-electron chi connectivity index (χ0n) is 43.4. The SMILES string of the molecule is CC1(C)C=C(Cc2ccccc2)c2ccccc21.CC1(C)C=C(N(c2ccccc2)c2cc(Cl)cc3c2c2ccccc2n3-c2ccccc2)c2ccccc21.Clc1cc(Br)c2c3ccccc3n(-c3ccccc3)c2c1. The van der Waals surface area contributed by atoms with Crippen LogP contribution >= 0.6 is 39.1 Å². The predicted octanol–water partition coefficient (Wildman–Crippen LogP) is 20.7. The first-order valence-corrected chi connectivity index (χ1v) is 27.8. The maximum atomic E-state index is 6.95. The summed E-state index contributed by atoms with van der Waals surface area (Å²) in [5.41, 5.74) is 18.5. The van der Waals surface area contributed by atoms with E-state index in [1.807, 2.05) is 18.2 Å². The van der Waals surface area contributed by atoms with E-state index in [1.165, 1.54) is 66.1 Å². The summed E-state index contributed by atoms with van der Waals surface area (Å²) >= 11 is 16.9. The number of fused-ring (bicyclic) bond motifs is 8. The molecule has 0 saturated carbocycles. The van der Waals surface area contributed by atoms with E-state index in [1.54, 1.807) is 0 Å². The van der Waals surface area contributed by atoms with Crippen LogP contribution in [0.2, 0.25) is 10.0 Å². The van der Waals surface area contributed by atoms with Crippen molar-refractivity contribution in [3.8, 4) is 11.4 Å². The molecule has 2 heterocycles. The Hall–Kier alpha value is -7.86. The average Bonchev–Trinajstić information content (AvgIpc) is 4.33. The van der Waals surface area contributed by atoms with Gasteiger partial charge in [-0.25, -0.2) is 0 Å². The molecule has 2 aliphatic rings. The van der Waals surface area contributed by atoms with Crippen molar-refractivity contribution < 1.29 is 0 Å². The molecule has 0 amide bonds. The zero-order valence-corrected chi connectivity index (χ0v) is 46.5. The second kappa shape index (κ2) is 20.6. The summed E-state index contributed by atoms with van der Waals surface area (Å²) in [6, 6.07) is 85.0. The van der Waals surface area contributed by atoms with Gasteiger partial charge in [-0.2, -0.15) is 0 Å². The Morgan fingerprint density at radius 1 is 0.429 bits per heavy atom. The summed E-state index contributed by atoms with van der Waals surface area (Å²) in [7, 11) is 0. The molecule has 0 atom stereocenters. The summed E-state index contributed by atoms with van der Waals surface area (Å²) in [6.07, 6.45) is 5.85. The number of allylic oxidation sites excluding steroid dienone is 3. The van der Waals surface area contributed by atoms with Gasteiger partial charge < -0.3 is 14.0 Å². The van der Waals surface area contributed by atoms with Crippen LogP contribution in [0.4, 0.5) is 11.4 Å². The van der Waals surface area contributed by atoms with Crippen molar-refractivity contribution in [3.05, 3.63) is 297 Å². The van der Waals surface area contributed by atoms with Crippen molar-refractivity contribution in [2.45, 2.75) is 44.9 Å². The molecule has 10 aromatic carbocycles. The molecule has 14 rings (SSSR count). The number of hydrogen-bond acceptors (Lipinski definition) is 1. The van der Waals surface area contributed by atoms with Crippen LogP contribution in [0.3, 0.4) is 0 Å². The number of para-hydroxylation sites is 5. The van der Waals surface area contributed by atoms with E-state index in [4.69, 9.17) is 23.2 Å². The first-order valence-electron chi connectivity index (χ1n) is 26.2. The van der Waals surface area contributed by atoms with Crippen molar-refractivity contribution >= 4 is 105 Å². The molecule has 0 bridgehead atoms. The smallest absolute Gasteiger partial charge is 0.0577 e. The Labute approximate surface area is 469 Å². The summed E-state index contributed by atoms with van der Waals surface area (Å²) < 4.78 is 5.60. The predicted molar refractivity (Wildman–Crippen MR) is 333 cm³/mol. The molecule has 2 aliphatic carbocycles. The first-order chi connectivity index (χ1) is 37.4. The van der Waals surface area contributed by atoms with Gasteiger partial charge in [-0.1, -0.05) is 243 Å². The highest BCUT2D eigenvalue weighted by Gasteiger charge is 2.34. The molecule has 0 spiro atoms. The van der Waals surface area contributed by atoms with Crippen molar-refractivity contribution in [2.24, 2.45) is 0 Å². The molecule has 0 unspecified atom stereocenters. The van der Waals surface area contributed by atoms with E-state index in [0.717, 1.165) is 55.2 Å². The maximum absolute atomic E-state index is 6.95. The van der Waals surface area contributed by atoms with Gasteiger partial charge in [-0.05, 0) is 113 Å². The molecule has 12 aromatic rings. The Balaban J connectivity index is 0.000000128. The third kappa shape index (κ3) is 9.39. The summed E-state index contributed by atoms with van der Waals surface area (Å²) in [5.74, 6) is 0. The number of halogens is 3. The van der Waals surface area contributed by atoms with E-state index in [2.05, 4.69) is 294 Å². The Morgan fingerprint density at radius 3 is 1.47 bits per heavy atom. The fourth-order valence-electron chi connectivity index (χ4n) is 11.8. The summed E-state index contributed by atoms with van der Waals surface area (Å²) in [5, 5.41) is 6.23. The molecule has 3 nitrogen and oxygen atoms in total. The Kier molecular flexibility index (Phi) is 13.4. The molecule has 0 radical (unpaired) electrons. The lowest BCUT2D eigenvalue weighted by Crippen LogP contribution is -2.15. The van der Waals surface area contributed by atoms with Crippen LogP contribution in [0.15, 0.2) is 259 Å². The molecule has 0 aliphatic heterocycles. The van der Waals surface area contributed by atoms with Crippen LogP contribution in [0.1, 0.15) is 55.5 Å². The molecule has 2 aromatic heterocycles. The number of nitrogens with zero attached hydrogens (tertiary/aromatic N) is 3. The molecule has 376 valence electrons. The van der Waals surface area contributed by atoms with Gasteiger partial charge in [-0.3, -0.25) is 0 Å². The number of anilines is 2.